The summed E-state index contributed by atoms with van der Waals surface area (Å²) in [6.45, 7) is 0. The molecule has 0 aromatic rings. The predicted octanol–water partition coefficient (Wildman–Crippen LogP) is 1.54. The van der Waals surface area contributed by atoms with E-state index in [1.54, 1.807) is 0 Å². The summed E-state index contributed by atoms with van der Waals surface area (Å²) in [5.74, 6) is 0. The van der Waals surface area contributed by atoms with Crippen molar-refractivity contribution in [3.63, 3.8) is 0 Å². The number of hydrogen-bond acceptors (Lipinski definition) is 3. The molecule has 11 heavy (non-hydrogen) atoms. The van der Waals surface area contributed by atoms with Crippen LogP contribution in [0.4, 0.5) is 17.1 Å². The molecule has 0 amide bonds. The molecule has 0 aliphatic heterocycles. The average molecular weight is 308 g/mol. The van der Waals surface area contributed by atoms with Crippen LogP contribution in [-0.2, 0) is 14.7 Å². The maximum absolute atomic E-state index is 11.8. The van der Waals surface area contributed by atoms with Gasteiger partial charge in [0.2, 0.25) is 4.18 Å². The van der Waals surface area contributed by atoms with Crippen LogP contribution in [0.15, 0.2) is 0 Å². The van der Waals surface area contributed by atoms with Crippen molar-refractivity contribution in [1.82, 2.24) is 0 Å². The zero-order valence-corrected chi connectivity index (χ0v) is 7.57. The second kappa shape index (κ2) is 3.39. The van der Waals surface area contributed by atoms with Crippen molar-refractivity contribution in [2.45, 2.75) is 10.3 Å². The van der Waals surface area contributed by atoms with Crippen molar-refractivity contribution in [3.8, 4) is 0 Å². The normalized spacial score (nSPS) is 16.5. The highest BCUT2D eigenvalue weighted by Crippen LogP contribution is 2.29. The fourth-order valence-electron chi connectivity index (χ4n) is 0.169. The molecular weight excluding hydrogens is 307 g/mol. The summed E-state index contributed by atoms with van der Waals surface area (Å²) in [5, 5.41) is 0. The lowest BCUT2D eigenvalue weighted by molar-refractivity contribution is -0.191. The van der Waals surface area contributed by atoms with E-state index in [9.17, 15) is 25.5 Å². The number of rotatable bonds is 3. The number of halogens is 5. The highest BCUT2D eigenvalue weighted by Gasteiger charge is 2.44. The van der Waals surface area contributed by atoms with Crippen LogP contribution in [0.5, 0.6) is 0 Å². The van der Waals surface area contributed by atoms with Crippen LogP contribution in [0.1, 0.15) is 0 Å². The summed E-state index contributed by atoms with van der Waals surface area (Å²) in [7, 11) is -5.82. The Morgan fingerprint density at radius 3 is 1.91 bits per heavy atom. The van der Waals surface area contributed by atoms with E-state index in [1.165, 1.54) is 0 Å². The predicted molar refractivity (Wildman–Crippen MR) is 35.0 cm³/mol. The first-order valence-electron chi connectivity index (χ1n) is 1.96. The molecular formula is C2HF4IO3S. The van der Waals surface area contributed by atoms with Gasteiger partial charge >= 0.3 is 16.6 Å². The van der Waals surface area contributed by atoms with E-state index in [1.807, 2.05) is 0 Å². The van der Waals surface area contributed by atoms with Crippen molar-refractivity contribution >= 4 is 33.1 Å². The molecule has 0 radical (unpaired) electrons. The lowest BCUT2D eigenvalue weighted by Gasteiger charge is -2.12. The van der Waals surface area contributed by atoms with Gasteiger partial charge in [0, 0.05) is 0 Å². The van der Waals surface area contributed by atoms with Gasteiger partial charge in [-0.25, -0.2) is 4.39 Å². The molecule has 9 heteroatoms. The third-order valence-electron chi connectivity index (χ3n) is 0.465. The van der Waals surface area contributed by atoms with E-state index in [0.29, 0.717) is 22.6 Å². The molecule has 0 rings (SSSR count). The van der Waals surface area contributed by atoms with Gasteiger partial charge in [-0.3, -0.25) is 0 Å². The Morgan fingerprint density at radius 1 is 1.45 bits per heavy atom. The first kappa shape index (κ1) is 11.4. The second-order valence-corrected chi connectivity index (χ2v) is 3.39. The molecule has 0 aromatic heterocycles. The fraction of sp³-hybridized carbons (Fsp3) is 1.00. The van der Waals surface area contributed by atoms with E-state index < -0.39 is 20.8 Å². The summed E-state index contributed by atoms with van der Waals surface area (Å²) in [4.78, 5) is 0. The van der Waals surface area contributed by atoms with Gasteiger partial charge in [-0.2, -0.15) is 21.4 Å². The van der Waals surface area contributed by atoms with E-state index in [4.69, 9.17) is 0 Å². The Bertz CT molecular complexity index is 223. The van der Waals surface area contributed by atoms with Gasteiger partial charge < -0.3 is 0 Å². The molecule has 68 valence electrons. The SMILES string of the molecule is O=S(=O)(F)OC(F)(F)C(F)I. The molecule has 3 nitrogen and oxygen atoms in total. The van der Waals surface area contributed by atoms with Crippen LogP contribution < -0.4 is 0 Å². The molecule has 0 N–H and O–H groups in total. The van der Waals surface area contributed by atoms with Crippen molar-refractivity contribution in [2.24, 2.45) is 0 Å². The Hall–Kier alpha value is 0.360. The van der Waals surface area contributed by atoms with Crippen LogP contribution in [0.3, 0.4) is 0 Å². The lowest BCUT2D eigenvalue weighted by Crippen LogP contribution is -2.30. The van der Waals surface area contributed by atoms with Crippen molar-refractivity contribution < 1.29 is 29.7 Å². The standard InChI is InChI=1S/C2HF4IO3S/c3-1(7)2(4,5)10-11(6,8)9/h1H. The van der Waals surface area contributed by atoms with Gasteiger partial charge in [0.1, 0.15) is 0 Å². The van der Waals surface area contributed by atoms with Crippen LogP contribution in [0.2, 0.25) is 0 Å². The summed E-state index contributed by atoms with van der Waals surface area (Å²) >= 11 is 0.552. The largest absolute Gasteiger partial charge is 0.442 e. The summed E-state index contributed by atoms with van der Waals surface area (Å²) in [6, 6.07) is 0. The van der Waals surface area contributed by atoms with Crippen molar-refractivity contribution in [1.29, 1.82) is 0 Å². The maximum atomic E-state index is 11.8. The molecule has 1 atom stereocenters. The van der Waals surface area contributed by atoms with Crippen LogP contribution in [0.25, 0.3) is 0 Å². The topological polar surface area (TPSA) is 43.4 Å². The summed E-state index contributed by atoms with van der Waals surface area (Å²) < 4.78 is 65.0. The minimum absolute atomic E-state index is 0.552. The molecule has 0 spiro atoms. The van der Waals surface area contributed by atoms with Crippen LogP contribution >= 0.6 is 22.6 Å². The fourth-order valence-corrected chi connectivity index (χ4v) is 0.819. The molecule has 0 aromatic carbocycles. The Balaban J connectivity index is 4.38. The van der Waals surface area contributed by atoms with Gasteiger partial charge in [-0.05, 0) is 22.6 Å². The zero-order chi connectivity index (χ0) is 9.28. The van der Waals surface area contributed by atoms with Gasteiger partial charge in [0.25, 0.3) is 0 Å². The van der Waals surface area contributed by atoms with Crippen LogP contribution in [0, 0.1) is 0 Å². The average Bonchev–Trinajstić information content (AvgIpc) is 1.56. The highest BCUT2D eigenvalue weighted by atomic mass is 127. The third-order valence-corrected chi connectivity index (χ3v) is 1.61. The first-order valence-corrected chi connectivity index (χ1v) is 4.52. The molecule has 0 saturated heterocycles. The maximum Gasteiger partial charge on any atom is 0.442 e. The molecule has 0 aliphatic rings. The van der Waals surface area contributed by atoms with E-state index in [0.717, 1.165) is 0 Å². The Kier molecular flexibility index (Phi) is 3.50. The van der Waals surface area contributed by atoms with Crippen molar-refractivity contribution in [3.05, 3.63) is 0 Å². The Labute approximate surface area is 73.3 Å². The molecule has 0 aliphatic carbocycles. The molecule has 0 saturated carbocycles. The molecule has 0 bridgehead atoms. The summed E-state index contributed by atoms with van der Waals surface area (Å²) in [5.41, 5.74) is 0. The molecule has 0 heterocycles. The smallest absolute Gasteiger partial charge is 0.226 e. The molecule has 1 unspecified atom stereocenters. The minimum Gasteiger partial charge on any atom is -0.226 e. The highest BCUT2D eigenvalue weighted by molar-refractivity contribution is 14.1. The lowest BCUT2D eigenvalue weighted by atomic mass is 10.7. The van der Waals surface area contributed by atoms with Crippen LogP contribution in [-0.4, -0.2) is 18.7 Å². The third kappa shape index (κ3) is 4.74. The Morgan fingerprint density at radius 2 is 1.82 bits per heavy atom. The van der Waals surface area contributed by atoms with E-state index in [-0.39, 0.29) is 0 Å². The first-order chi connectivity index (χ1) is 4.65. The van der Waals surface area contributed by atoms with Crippen molar-refractivity contribution in [2.75, 3.05) is 0 Å². The van der Waals surface area contributed by atoms with E-state index >= 15 is 0 Å². The zero-order valence-electron chi connectivity index (χ0n) is 4.60. The quantitative estimate of drug-likeness (QED) is 0.344. The number of hydrogen-bond donors (Lipinski definition) is 0. The second-order valence-electron chi connectivity index (χ2n) is 1.34. The monoisotopic (exact) mass is 308 g/mol. The van der Waals surface area contributed by atoms with E-state index in [2.05, 4.69) is 4.18 Å². The minimum atomic E-state index is -5.82. The number of alkyl halides is 4. The summed E-state index contributed by atoms with van der Waals surface area (Å²) in [6.07, 6.45) is -4.66. The molecule has 0 fully saturated rings. The van der Waals surface area contributed by atoms with Gasteiger partial charge in [0.15, 0.2) is 0 Å². The van der Waals surface area contributed by atoms with Gasteiger partial charge in [-0.1, -0.05) is 3.89 Å². The van der Waals surface area contributed by atoms with Gasteiger partial charge in [0.05, 0.1) is 0 Å². The van der Waals surface area contributed by atoms with Gasteiger partial charge in [-0.15, -0.1) is 0 Å².